The van der Waals surface area contributed by atoms with E-state index in [4.69, 9.17) is 4.74 Å². The molecule has 3 aromatic carbocycles. The maximum absolute atomic E-state index is 12.4. The van der Waals surface area contributed by atoms with Gasteiger partial charge in [-0.05, 0) is 28.5 Å². The van der Waals surface area contributed by atoms with Crippen LogP contribution >= 0.6 is 0 Å². The molecule has 148 valence electrons. The lowest BCUT2D eigenvalue weighted by Crippen LogP contribution is -2.49. The lowest BCUT2D eigenvalue weighted by molar-refractivity contribution is -0.136. The third-order valence-corrected chi connectivity index (χ3v) is 5.29. The van der Waals surface area contributed by atoms with Gasteiger partial charge in [0.2, 0.25) is 0 Å². The van der Waals surface area contributed by atoms with E-state index in [0.29, 0.717) is 18.7 Å². The molecule has 0 aliphatic carbocycles. The van der Waals surface area contributed by atoms with Crippen LogP contribution in [0.3, 0.4) is 0 Å². The van der Waals surface area contributed by atoms with Gasteiger partial charge in [-0.2, -0.15) is 0 Å². The summed E-state index contributed by atoms with van der Waals surface area (Å²) in [6, 6.07) is 23.6. The first-order valence-corrected chi connectivity index (χ1v) is 9.89. The van der Waals surface area contributed by atoms with Gasteiger partial charge in [-0.1, -0.05) is 60.7 Å². The number of benzene rings is 3. The number of amides is 1. The van der Waals surface area contributed by atoms with Gasteiger partial charge >= 0.3 is 5.97 Å². The summed E-state index contributed by atoms with van der Waals surface area (Å²) in [5.41, 5.74) is 1.74. The SMILES string of the molecule is O=C(OCC(=O)N1CCN(Cc2ccccc2)CC1)c1ccc2ccccc2c1. The average Bonchev–Trinajstić information content (AvgIpc) is 2.78. The number of carbonyl (C=O) groups excluding carboxylic acids is 2. The third-order valence-electron chi connectivity index (χ3n) is 5.29. The van der Waals surface area contributed by atoms with Crippen molar-refractivity contribution in [1.82, 2.24) is 9.80 Å². The largest absolute Gasteiger partial charge is 0.452 e. The zero-order valence-corrected chi connectivity index (χ0v) is 16.3. The van der Waals surface area contributed by atoms with Crippen molar-refractivity contribution in [3.8, 4) is 0 Å². The van der Waals surface area contributed by atoms with Gasteiger partial charge < -0.3 is 9.64 Å². The highest BCUT2D eigenvalue weighted by atomic mass is 16.5. The molecule has 0 saturated carbocycles. The number of ether oxygens (including phenoxy) is 1. The van der Waals surface area contributed by atoms with E-state index in [-0.39, 0.29) is 12.5 Å². The van der Waals surface area contributed by atoms with Crippen LogP contribution in [0.4, 0.5) is 0 Å². The Balaban J connectivity index is 1.26. The lowest BCUT2D eigenvalue weighted by atomic mass is 10.1. The summed E-state index contributed by atoms with van der Waals surface area (Å²) in [6.45, 7) is 3.61. The number of esters is 1. The first-order valence-electron chi connectivity index (χ1n) is 9.89. The van der Waals surface area contributed by atoms with Gasteiger partial charge in [-0.15, -0.1) is 0 Å². The van der Waals surface area contributed by atoms with Crippen LogP contribution in [0, 0.1) is 0 Å². The molecule has 5 heteroatoms. The second kappa shape index (κ2) is 8.88. The van der Waals surface area contributed by atoms with E-state index in [9.17, 15) is 9.59 Å². The molecule has 1 amide bonds. The molecule has 0 radical (unpaired) electrons. The Labute approximate surface area is 170 Å². The number of piperazine rings is 1. The zero-order chi connectivity index (χ0) is 20.1. The molecule has 0 bridgehead atoms. The molecule has 0 atom stereocenters. The third kappa shape index (κ3) is 4.81. The molecule has 0 unspecified atom stereocenters. The van der Waals surface area contributed by atoms with Crippen LogP contribution in [0.25, 0.3) is 10.8 Å². The van der Waals surface area contributed by atoms with Crippen molar-refractivity contribution in [2.45, 2.75) is 6.54 Å². The van der Waals surface area contributed by atoms with Crippen LogP contribution in [0.15, 0.2) is 72.8 Å². The van der Waals surface area contributed by atoms with Crippen LogP contribution in [-0.4, -0.2) is 54.5 Å². The van der Waals surface area contributed by atoms with Gasteiger partial charge in [0.1, 0.15) is 0 Å². The van der Waals surface area contributed by atoms with E-state index < -0.39 is 5.97 Å². The van der Waals surface area contributed by atoms with Crippen LogP contribution in [0.2, 0.25) is 0 Å². The molecule has 1 aliphatic heterocycles. The molecule has 29 heavy (non-hydrogen) atoms. The number of rotatable bonds is 5. The Morgan fingerprint density at radius 2 is 1.48 bits per heavy atom. The maximum atomic E-state index is 12.4. The second-order valence-corrected chi connectivity index (χ2v) is 7.28. The molecule has 4 rings (SSSR count). The van der Waals surface area contributed by atoms with Crippen LogP contribution in [0.1, 0.15) is 15.9 Å². The minimum absolute atomic E-state index is 0.140. The van der Waals surface area contributed by atoms with E-state index >= 15 is 0 Å². The summed E-state index contributed by atoms with van der Waals surface area (Å²) < 4.78 is 5.27. The molecule has 1 aliphatic rings. The fourth-order valence-corrected chi connectivity index (χ4v) is 3.62. The summed E-state index contributed by atoms with van der Waals surface area (Å²) in [4.78, 5) is 28.9. The van der Waals surface area contributed by atoms with E-state index in [0.717, 1.165) is 30.4 Å². The van der Waals surface area contributed by atoms with Crippen LogP contribution < -0.4 is 0 Å². The highest BCUT2D eigenvalue weighted by Crippen LogP contribution is 2.16. The Morgan fingerprint density at radius 3 is 2.24 bits per heavy atom. The van der Waals surface area contributed by atoms with E-state index in [1.165, 1.54) is 5.56 Å². The first kappa shape index (κ1) is 19.2. The normalized spacial score (nSPS) is 14.7. The topological polar surface area (TPSA) is 49.9 Å². The van der Waals surface area contributed by atoms with Gasteiger partial charge in [0.15, 0.2) is 6.61 Å². The predicted molar refractivity (Wildman–Crippen MR) is 113 cm³/mol. The molecule has 5 nitrogen and oxygen atoms in total. The van der Waals surface area contributed by atoms with Crippen molar-refractivity contribution < 1.29 is 14.3 Å². The first-order chi connectivity index (χ1) is 14.2. The van der Waals surface area contributed by atoms with E-state index in [2.05, 4.69) is 17.0 Å². The number of nitrogens with zero attached hydrogens (tertiary/aromatic N) is 2. The van der Waals surface area contributed by atoms with Crippen molar-refractivity contribution in [3.63, 3.8) is 0 Å². The molecule has 0 spiro atoms. The van der Waals surface area contributed by atoms with Crippen molar-refractivity contribution >= 4 is 22.6 Å². The standard InChI is InChI=1S/C24H24N2O3/c27-23(26-14-12-25(13-15-26)17-19-6-2-1-3-7-19)18-29-24(28)22-11-10-20-8-4-5-9-21(20)16-22/h1-11,16H,12-15,17-18H2. The Kier molecular flexibility index (Phi) is 5.86. The fraction of sp³-hybridized carbons (Fsp3) is 0.250. The summed E-state index contributed by atoms with van der Waals surface area (Å²) in [6.07, 6.45) is 0. The average molecular weight is 388 g/mol. The van der Waals surface area contributed by atoms with Crippen molar-refractivity contribution in [2.75, 3.05) is 32.8 Å². The molecule has 1 fully saturated rings. The van der Waals surface area contributed by atoms with Gasteiger partial charge in [0.25, 0.3) is 5.91 Å². The van der Waals surface area contributed by atoms with Gasteiger partial charge in [0.05, 0.1) is 5.56 Å². The van der Waals surface area contributed by atoms with Gasteiger partial charge in [-0.3, -0.25) is 9.69 Å². The predicted octanol–water partition coefficient (Wildman–Crippen LogP) is 3.34. The van der Waals surface area contributed by atoms with Crippen molar-refractivity contribution in [2.24, 2.45) is 0 Å². The highest BCUT2D eigenvalue weighted by Gasteiger charge is 2.22. The number of hydrogen-bond donors (Lipinski definition) is 0. The quantitative estimate of drug-likeness (QED) is 0.629. The van der Waals surface area contributed by atoms with Gasteiger partial charge in [-0.25, -0.2) is 4.79 Å². The molecule has 1 saturated heterocycles. The Morgan fingerprint density at radius 1 is 0.793 bits per heavy atom. The smallest absolute Gasteiger partial charge is 0.338 e. The second-order valence-electron chi connectivity index (χ2n) is 7.28. The summed E-state index contributed by atoms with van der Waals surface area (Å²) >= 11 is 0. The monoisotopic (exact) mass is 388 g/mol. The van der Waals surface area contributed by atoms with E-state index in [1.807, 2.05) is 48.5 Å². The summed E-state index contributed by atoms with van der Waals surface area (Å²) in [5.74, 6) is -0.606. The van der Waals surface area contributed by atoms with E-state index in [1.54, 1.807) is 17.0 Å². The number of hydrogen-bond acceptors (Lipinski definition) is 4. The molecule has 0 N–H and O–H groups in total. The molecular weight excluding hydrogens is 364 g/mol. The van der Waals surface area contributed by atoms with Crippen molar-refractivity contribution in [3.05, 3.63) is 83.9 Å². The van der Waals surface area contributed by atoms with Crippen LogP contribution in [-0.2, 0) is 16.1 Å². The Bertz CT molecular complexity index is 995. The van der Waals surface area contributed by atoms with Gasteiger partial charge in [0, 0.05) is 32.7 Å². The number of carbonyl (C=O) groups is 2. The molecule has 1 heterocycles. The molecule has 0 aromatic heterocycles. The lowest BCUT2D eigenvalue weighted by Gasteiger charge is -2.34. The molecular formula is C24H24N2O3. The summed E-state index contributed by atoms with van der Waals surface area (Å²) in [5, 5.41) is 2.04. The minimum atomic E-state index is -0.466. The van der Waals surface area contributed by atoms with Crippen LogP contribution in [0.5, 0.6) is 0 Å². The zero-order valence-electron chi connectivity index (χ0n) is 16.3. The maximum Gasteiger partial charge on any atom is 0.338 e. The molecule has 3 aromatic rings. The summed E-state index contributed by atoms with van der Waals surface area (Å²) in [7, 11) is 0. The Hall–Kier alpha value is -3.18. The van der Waals surface area contributed by atoms with Crippen molar-refractivity contribution in [1.29, 1.82) is 0 Å². The minimum Gasteiger partial charge on any atom is -0.452 e. The number of fused-ring (bicyclic) bond motifs is 1. The highest BCUT2D eigenvalue weighted by molar-refractivity contribution is 5.96. The fourth-order valence-electron chi connectivity index (χ4n) is 3.62.